The first kappa shape index (κ1) is 9.34. The van der Waals surface area contributed by atoms with Gasteiger partial charge in [0.05, 0.1) is 5.38 Å². The van der Waals surface area contributed by atoms with Crippen LogP contribution in [0.25, 0.3) is 0 Å². The molecule has 1 nitrogen and oxygen atoms in total. The van der Waals surface area contributed by atoms with Gasteiger partial charge in [0.1, 0.15) is 0 Å². The molecule has 2 atom stereocenters. The Bertz CT molecular complexity index is 171. The molecule has 0 saturated heterocycles. The van der Waals surface area contributed by atoms with Crippen molar-refractivity contribution in [1.82, 2.24) is 0 Å². The second-order valence-electron chi connectivity index (χ2n) is 3.76. The van der Waals surface area contributed by atoms with Crippen LogP contribution in [0.1, 0.15) is 26.7 Å². The highest BCUT2D eigenvalue weighted by Crippen LogP contribution is 2.37. The maximum Gasteiger partial charge on any atom is 0.151 e. The Morgan fingerprint density at radius 3 is 2.45 bits per heavy atom. The largest absolute Gasteiger partial charge is 0.298 e. The van der Waals surface area contributed by atoms with Crippen LogP contribution in [-0.2, 0) is 4.79 Å². The van der Waals surface area contributed by atoms with Gasteiger partial charge in [0.25, 0.3) is 0 Å². The van der Waals surface area contributed by atoms with Crippen molar-refractivity contribution in [2.24, 2.45) is 5.92 Å². The van der Waals surface area contributed by atoms with Gasteiger partial charge < -0.3 is 0 Å². The van der Waals surface area contributed by atoms with Crippen molar-refractivity contribution in [2.45, 2.75) is 36.9 Å². The lowest BCUT2D eigenvalue weighted by atomic mass is 9.78. The molecule has 1 fully saturated rings. The second-order valence-corrected chi connectivity index (χ2v) is 5.25. The van der Waals surface area contributed by atoms with Crippen molar-refractivity contribution in [3.8, 4) is 0 Å². The number of alkyl halides is 2. The summed E-state index contributed by atoms with van der Waals surface area (Å²) in [6.07, 6.45) is 1.44. The van der Waals surface area contributed by atoms with Crippen molar-refractivity contribution in [2.75, 3.05) is 0 Å². The molecule has 1 saturated carbocycles. The molecule has 0 N–H and O–H groups in total. The quantitative estimate of drug-likeness (QED) is 0.619. The van der Waals surface area contributed by atoms with E-state index in [0.29, 0.717) is 12.3 Å². The summed E-state index contributed by atoms with van der Waals surface area (Å²) in [4.78, 5) is 10.5. The summed E-state index contributed by atoms with van der Waals surface area (Å²) in [7, 11) is 0. The van der Waals surface area contributed by atoms with E-state index in [1.54, 1.807) is 0 Å². The maximum atomic E-state index is 10.8. The fourth-order valence-electron chi connectivity index (χ4n) is 1.38. The van der Waals surface area contributed by atoms with Gasteiger partial charge in [0.15, 0.2) is 5.78 Å². The van der Waals surface area contributed by atoms with Crippen LogP contribution in [0.3, 0.4) is 0 Å². The Morgan fingerprint density at radius 2 is 2.18 bits per heavy atom. The minimum absolute atomic E-state index is 0.164. The van der Waals surface area contributed by atoms with Gasteiger partial charge in [-0.15, -0.1) is 23.2 Å². The Kier molecular flexibility index (Phi) is 2.50. The second kappa shape index (κ2) is 2.95. The van der Waals surface area contributed by atoms with E-state index in [-0.39, 0.29) is 16.0 Å². The molecule has 3 heteroatoms. The molecule has 0 amide bonds. The van der Waals surface area contributed by atoms with Crippen molar-refractivity contribution in [3.63, 3.8) is 0 Å². The van der Waals surface area contributed by atoms with Crippen molar-refractivity contribution in [3.05, 3.63) is 0 Å². The van der Waals surface area contributed by atoms with Gasteiger partial charge in [-0.2, -0.15) is 0 Å². The molecule has 0 bridgehead atoms. The van der Waals surface area contributed by atoms with E-state index >= 15 is 0 Å². The van der Waals surface area contributed by atoms with E-state index in [4.69, 9.17) is 23.2 Å². The van der Waals surface area contributed by atoms with E-state index in [1.807, 2.05) is 13.8 Å². The molecule has 1 aliphatic rings. The van der Waals surface area contributed by atoms with Gasteiger partial charge in [0.2, 0.25) is 0 Å². The molecule has 0 aliphatic heterocycles. The van der Waals surface area contributed by atoms with Crippen LogP contribution in [0.15, 0.2) is 0 Å². The molecule has 0 radical (unpaired) electrons. The molecule has 0 aromatic heterocycles. The van der Waals surface area contributed by atoms with Gasteiger partial charge >= 0.3 is 0 Å². The first-order valence-electron chi connectivity index (χ1n) is 3.76. The van der Waals surface area contributed by atoms with Crippen LogP contribution in [0.5, 0.6) is 0 Å². The highest BCUT2D eigenvalue weighted by molar-refractivity contribution is 6.33. The SMILES string of the molecule is CC(C)(Cl)CC1CC(=O)C1Cl. The molecule has 2 unspecified atom stereocenters. The van der Waals surface area contributed by atoms with Crippen LogP contribution in [0.4, 0.5) is 0 Å². The number of carbonyl (C=O) groups is 1. The summed E-state index contributed by atoms with van der Waals surface area (Å²) in [6.45, 7) is 3.89. The van der Waals surface area contributed by atoms with Crippen LogP contribution in [0.2, 0.25) is 0 Å². The van der Waals surface area contributed by atoms with Crippen LogP contribution in [0, 0.1) is 5.92 Å². The molecule has 1 rings (SSSR count). The highest BCUT2D eigenvalue weighted by Gasteiger charge is 2.40. The summed E-state index contributed by atoms with van der Waals surface area (Å²) in [5, 5.41) is -0.270. The van der Waals surface area contributed by atoms with Crippen molar-refractivity contribution in [1.29, 1.82) is 0 Å². The average Bonchev–Trinajstić information content (AvgIpc) is 1.84. The molecule has 0 aromatic carbocycles. The number of halogens is 2. The van der Waals surface area contributed by atoms with Crippen LogP contribution in [-0.4, -0.2) is 16.0 Å². The Labute approximate surface area is 77.1 Å². The third-order valence-electron chi connectivity index (χ3n) is 1.93. The molecule has 64 valence electrons. The summed E-state index contributed by atoms with van der Waals surface area (Å²) in [5.74, 6) is 0.467. The molecule has 1 aliphatic carbocycles. The van der Waals surface area contributed by atoms with Gasteiger partial charge in [0, 0.05) is 11.3 Å². The van der Waals surface area contributed by atoms with E-state index in [2.05, 4.69) is 0 Å². The molecular weight excluding hydrogens is 183 g/mol. The lowest BCUT2D eigenvalue weighted by molar-refractivity contribution is -0.126. The van der Waals surface area contributed by atoms with Crippen molar-refractivity contribution < 1.29 is 4.79 Å². The molecular formula is C8H12Cl2O. The summed E-state index contributed by atoms with van der Waals surface area (Å²) < 4.78 is 0. The first-order valence-corrected chi connectivity index (χ1v) is 4.57. The molecule has 0 aromatic rings. The fraction of sp³-hybridized carbons (Fsp3) is 0.875. The number of rotatable bonds is 2. The third kappa shape index (κ3) is 2.34. The zero-order valence-electron chi connectivity index (χ0n) is 6.73. The number of ketones is 1. The zero-order chi connectivity index (χ0) is 8.65. The minimum Gasteiger partial charge on any atom is -0.298 e. The van der Waals surface area contributed by atoms with Gasteiger partial charge in [-0.1, -0.05) is 0 Å². The normalized spacial score (nSPS) is 31.8. The van der Waals surface area contributed by atoms with Crippen molar-refractivity contribution >= 4 is 29.0 Å². The van der Waals surface area contributed by atoms with Gasteiger partial charge in [-0.05, 0) is 26.2 Å². The zero-order valence-corrected chi connectivity index (χ0v) is 8.24. The van der Waals surface area contributed by atoms with E-state index in [9.17, 15) is 4.79 Å². The Hall–Kier alpha value is 0.250. The van der Waals surface area contributed by atoms with E-state index in [0.717, 1.165) is 6.42 Å². The Balaban J connectivity index is 2.36. The van der Waals surface area contributed by atoms with Crippen LogP contribution < -0.4 is 0 Å². The summed E-state index contributed by atoms with van der Waals surface area (Å²) >= 11 is 11.7. The smallest absolute Gasteiger partial charge is 0.151 e. The third-order valence-corrected chi connectivity index (χ3v) is 2.69. The number of carbonyl (C=O) groups excluding carboxylic acids is 1. The van der Waals surface area contributed by atoms with Crippen LogP contribution >= 0.6 is 23.2 Å². The number of hydrogen-bond donors (Lipinski definition) is 0. The van der Waals surface area contributed by atoms with E-state index in [1.165, 1.54) is 0 Å². The summed E-state index contributed by atoms with van der Waals surface area (Å²) in [6, 6.07) is 0. The monoisotopic (exact) mass is 194 g/mol. The molecule has 11 heavy (non-hydrogen) atoms. The standard InChI is InChI=1S/C8H12Cl2O/c1-8(2,10)4-5-3-6(11)7(5)9/h5,7H,3-4H2,1-2H3. The predicted octanol–water partition coefficient (Wildman–Crippen LogP) is 2.59. The number of Topliss-reactive ketones (excluding diaryl/α,β-unsaturated/α-hetero) is 1. The molecule has 0 heterocycles. The Morgan fingerprint density at radius 1 is 1.64 bits per heavy atom. The minimum atomic E-state index is -0.270. The predicted molar refractivity (Wildman–Crippen MR) is 47.3 cm³/mol. The fourth-order valence-corrected chi connectivity index (χ4v) is 1.84. The first-order chi connectivity index (χ1) is 4.90. The lowest BCUT2D eigenvalue weighted by Gasteiger charge is -2.34. The molecule has 0 spiro atoms. The van der Waals surface area contributed by atoms with Gasteiger partial charge in [-0.25, -0.2) is 0 Å². The van der Waals surface area contributed by atoms with Gasteiger partial charge in [-0.3, -0.25) is 4.79 Å². The maximum absolute atomic E-state index is 10.8. The van der Waals surface area contributed by atoms with E-state index < -0.39 is 0 Å². The highest BCUT2D eigenvalue weighted by atomic mass is 35.5. The average molecular weight is 195 g/mol. The topological polar surface area (TPSA) is 17.1 Å². The summed E-state index contributed by atoms with van der Waals surface area (Å²) in [5.41, 5.74) is 0. The number of hydrogen-bond acceptors (Lipinski definition) is 1. The lowest BCUT2D eigenvalue weighted by Crippen LogP contribution is -2.40.